The summed E-state index contributed by atoms with van der Waals surface area (Å²) in [6.07, 6.45) is 2.19. The maximum atomic E-state index is 13.2. The van der Waals surface area contributed by atoms with Crippen molar-refractivity contribution in [3.8, 4) is 5.75 Å². The molecule has 2 aliphatic rings. The highest BCUT2D eigenvalue weighted by Crippen LogP contribution is 2.33. The molecule has 1 saturated heterocycles. The van der Waals surface area contributed by atoms with Gasteiger partial charge in [-0.25, -0.2) is 4.90 Å². The molecular formula is C30H24N2O5. The van der Waals surface area contributed by atoms with Crippen molar-refractivity contribution in [1.82, 2.24) is 0 Å². The Kier molecular flexibility index (Phi) is 5.90. The number of imide groups is 1. The van der Waals surface area contributed by atoms with E-state index in [0.29, 0.717) is 45.8 Å². The number of benzene rings is 4. The minimum absolute atomic E-state index is 0.130. The molecule has 2 aliphatic heterocycles. The molecule has 2 heterocycles. The molecule has 37 heavy (non-hydrogen) atoms. The fourth-order valence-electron chi connectivity index (χ4n) is 4.83. The first-order valence-electron chi connectivity index (χ1n) is 12.2. The Balaban J connectivity index is 1.14. The smallest absolute Gasteiger partial charge is 0.265 e. The van der Waals surface area contributed by atoms with Gasteiger partial charge in [-0.2, -0.15) is 0 Å². The summed E-state index contributed by atoms with van der Waals surface area (Å²) in [7, 11) is 0. The minimum atomic E-state index is -0.368. The summed E-state index contributed by atoms with van der Waals surface area (Å²) < 4.78 is 11.3. The van der Waals surface area contributed by atoms with Gasteiger partial charge in [-0.15, -0.1) is 0 Å². The quantitative estimate of drug-likeness (QED) is 0.362. The van der Waals surface area contributed by atoms with Crippen molar-refractivity contribution in [2.24, 2.45) is 0 Å². The van der Waals surface area contributed by atoms with Gasteiger partial charge >= 0.3 is 0 Å². The topological polar surface area (TPSA) is 84.9 Å². The predicted molar refractivity (Wildman–Crippen MR) is 140 cm³/mol. The zero-order valence-electron chi connectivity index (χ0n) is 20.0. The maximum absolute atomic E-state index is 13.2. The van der Waals surface area contributed by atoms with Crippen LogP contribution in [0.2, 0.25) is 0 Å². The average Bonchev–Trinajstić information content (AvgIpc) is 3.45. The van der Waals surface area contributed by atoms with Crippen LogP contribution in [0.3, 0.4) is 0 Å². The van der Waals surface area contributed by atoms with Crippen molar-refractivity contribution in [2.75, 3.05) is 23.4 Å². The fraction of sp³-hybridized carbons (Fsp3) is 0.167. The number of hydrogen-bond acceptors (Lipinski definition) is 5. The van der Waals surface area contributed by atoms with Gasteiger partial charge in [0.25, 0.3) is 17.7 Å². The Morgan fingerprint density at radius 1 is 0.892 bits per heavy atom. The van der Waals surface area contributed by atoms with Crippen LogP contribution in [0.1, 0.15) is 43.9 Å². The monoisotopic (exact) mass is 492 g/mol. The second-order valence-corrected chi connectivity index (χ2v) is 9.13. The third-order valence-electron chi connectivity index (χ3n) is 6.73. The second kappa shape index (κ2) is 9.52. The van der Waals surface area contributed by atoms with E-state index in [1.165, 1.54) is 4.90 Å². The maximum Gasteiger partial charge on any atom is 0.265 e. The molecule has 1 fully saturated rings. The Bertz CT molecular complexity index is 1460. The van der Waals surface area contributed by atoms with Gasteiger partial charge in [0, 0.05) is 34.4 Å². The van der Waals surface area contributed by atoms with Gasteiger partial charge in [-0.05, 0) is 78.9 Å². The Labute approximate surface area is 213 Å². The Hall–Kier alpha value is -4.49. The van der Waals surface area contributed by atoms with E-state index in [-0.39, 0.29) is 23.8 Å². The predicted octanol–water partition coefficient (Wildman–Crippen LogP) is 5.45. The van der Waals surface area contributed by atoms with Gasteiger partial charge in [-0.1, -0.05) is 24.3 Å². The van der Waals surface area contributed by atoms with E-state index in [0.717, 1.165) is 24.8 Å². The molecule has 0 spiro atoms. The summed E-state index contributed by atoms with van der Waals surface area (Å²) in [6, 6.07) is 24.5. The van der Waals surface area contributed by atoms with Crippen molar-refractivity contribution >= 4 is 39.9 Å². The van der Waals surface area contributed by atoms with Gasteiger partial charge in [0.1, 0.15) is 12.4 Å². The van der Waals surface area contributed by atoms with Crippen LogP contribution in [-0.4, -0.2) is 37.0 Å². The molecule has 4 aromatic carbocycles. The van der Waals surface area contributed by atoms with Crippen molar-refractivity contribution in [1.29, 1.82) is 0 Å². The van der Waals surface area contributed by atoms with E-state index in [1.54, 1.807) is 60.7 Å². The number of hydrogen-bond donors (Lipinski definition) is 1. The second-order valence-electron chi connectivity index (χ2n) is 9.13. The van der Waals surface area contributed by atoms with Crippen LogP contribution in [0.15, 0.2) is 84.9 Å². The molecule has 4 aromatic rings. The zero-order chi connectivity index (χ0) is 25.4. The third-order valence-corrected chi connectivity index (χ3v) is 6.73. The van der Waals surface area contributed by atoms with Crippen molar-refractivity contribution in [2.45, 2.75) is 18.9 Å². The number of rotatable bonds is 6. The average molecular weight is 493 g/mol. The first kappa shape index (κ1) is 22.9. The van der Waals surface area contributed by atoms with Gasteiger partial charge in [0.2, 0.25) is 0 Å². The van der Waals surface area contributed by atoms with Gasteiger partial charge in [0.15, 0.2) is 0 Å². The van der Waals surface area contributed by atoms with Crippen LogP contribution in [0, 0.1) is 0 Å². The first-order valence-corrected chi connectivity index (χ1v) is 12.2. The number of anilines is 2. The van der Waals surface area contributed by atoms with Crippen LogP contribution in [0.4, 0.5) is 11.4 Å². The molecule has 0 unspecified atom stereocenters. The molecule has 7 heteroatoms. The van der Waals surface area contributed by atoms with E-state index >= 15 is 0 Å². The highest BCUT2D eigenvalue weighted by Gasteiger charge is 2.33. The SMILES string of the molecule is O=C(Nc1ccc(N2C(=O)c3cccc4cccc(c34)C2=O)cc1)c1ccc(OC[C@H]2CCCO2)cc1. The molecule has 184 valence electrons. The van der Waals surface area contributed by atoms with Crippen LogP contribution in [0.5, 0.6) is 5.75 Å². The largest absolute Gasteiger partial charge is 0.491 e. The van der Waals surface area contributed by atoms with E-state index in [4.69, 9.17) is 9.47 Å². The van der Waals surface area contributed by atoms with E-state index < -0.39 is 0 Å². The number of nitrogens with zero attached hydrogens (tertiary/aromatic N) is 1. The Morgan fingerprint density at radius 2 is 1.57 bits per heavy atom. The lowest BCUT2D eigenvalue weighted by atomic mass is 9.94. The van der Waals surface area contributed by atoms with Gasteiger partial charge in [-0.3, -0.25) is 14.4 Å². The Morgan fingerprint density at radius 3 is 2.19 bits per heavy atom. The first-order chi connectivity index (χ1) is 18.1. The molecule has 0 saturated carbocycles. The lowest BCUT2D eigenvalue weighted by molar-refractivity contribution is 0.0679. The molecule has 6 rings (SSSR count). The standard InChI is InChI=1S/C30H24N2O5/c33-28(20-9-15-23(16-10-20)37-18-24-6-3-17-36-24)31-21-11-13-22(14-12-21)32-29(34)25-7-1-4-19-5-2-8-26(27(19)25)30(32)35/h1-2,4-5,7-16,24H,3,6,17-18H2,(H,31,33)/t24-/m1/s1. The number of nitrogens with one attached hydrogen (secondary N) is 1. The molecule has 3 amide bonds. The van der Waals surface area contributed by atoms with Gasteiger partial charge in [0.05, 0.1) is 11.8 Å². The number of ether oxygens (including phenoxy) is 2. The van der Waals surface area contributed by atoms with Crippen LogP contribution in [0.25, 0.3) is 10.8 Å². The lowest BCUT2D eigenvalue weighted by Gasteiger charge is -2.27. The van der Waals surface area contributed by atoms with Crippen molar-refractivity contribution in [3.63, 3.8) is 0 Å². The van der Waals surface area contributed by atoms with E-state index in [9.17, 15) is 14.4 Å². The molecule has 0 aliphatic carbocycles. The summed E-state index contributed by atoms with van der Waals surface area (Å²) in [6.45, 7) is 1.28. The fourth-order valence-corrected chi connectivity index (χ4v) is 4.83. The molecule has 1 N–H and O–H groups in total. The number of carbonyl (C=O) groups excluding carboxylic acids is 3. The highest BCUT2D eigenvalue weighted by atomic mass is 16.5. The van der Waals surface area contributed by atoms with E-state index in [2.05, 4.69) is 5.32 Å². The molecular weight excluding hydrogens is 468 g/mol. The zero-order valence-corrected chi connectivity index (χ0v) is 20.0. The normalized spacial score (nSPS) is 16.8. The summed E-state index contributed by atoms with van der Waals surface area (Å²) in [5.41, 5.74) is 2.46. The summed E-state index contributed by atoms with van der Waals surface area (Å²) in [5, 5.41) is 4.39. The highest BCUT2D eigenvalue weighted by molar-refractivity contribution is 6.35. The molecule has 0 radical (unpaired) electrons. The summed E-state index contributed by atoms with van der Waals surface area (Å²) in [5.74, 6) is -0.325. The molecule has 0 aromatic heterocycles. The lowest BCUT2D eigenvalue weighted by Crippen LogP contribution is -2.40. The van der Waals surface area contributed by atoms with E-state index in [1.807, 2.05) is 24.3 Å². The molecule has 1 atom stereocenters. The van der Waals surface area contributed by atoms with Crippen LogP contribution in [-0.2, 0) is 4.74 Å². The number of carbonyl (C=O) groups is 3. The van der Waals surface area contributed by atoms with Gasteiger partial charge < -0.3 is 14.8 Å². The molecule has 7 nitrogen and oxygen atoms in total. The van der Waals surface area contributed by atoms with Crippen LogP contribution < -0.4 is 15.0 Å². The molecule has 0 bridgehead atoms. The van der Waals surface area contributed by atoms with Crippen molar-refractivity contribution in [3.05, 3.63) is 102 Å². The minimum Gasteiger partial charge on any atom is -0.491 e. The summed E-state index contributed by atoms with van der Waals surface area (Å²) in [4.78, 5) is 40.4. The summed E-state index contributed by atoms with van der Waals surface area (Å²) >= 11 is 0. The third kappa shape index (κ3) is 4.34. The van der Waals surface area contributed by atoms with Crippen LogP contribution >= 0.6 is 0 Å². The number of amides is 3. The van der Waals surface area contributed by atoms with Crippen molar-refractivity contribution < 1.29 is 23.9 Å².